The maximum atomic E-state index is 12.4. The van der Waals surface area contributed by atoms with Gasteiger partial charge in [-0.25, -0.2) is 9.97 Å². The van der Waals surface area contributed by atoms with E-state index >= 15 is 0 Å². The Morgan fingerprint density at radius 2 is 1.65 bits per heavy atom. The maximum Gasteiger partial charge on any atom is 0.573 e. The van der Waals surface area contributed by atoms with Gasteiger partial charge in [0.15, 0.2) is 5.15 Å². The lowest BCUT2D eigenvalue weighted by Crippen LogP contribution is -2.17. The van der Waals surface area contributed by atoms with Crippen molar-refractivity contribution in [2.45, 2.75) is 20.2 Å². The highest BCUT2D eigenvalue weighted by Crippen LogP contribution is 2.35. The molecule has 2 rings (SSSR count). The molecule has 0 bridgehead atoms. The SMILES string of the molecule is Cc1nc(Cl)c(-c2ccccc2OC(F)(F)F)nc1C. The maximum absolute atomic E-state index is 12.4. The monoisotopic (exact) mass is 302 g/mol. The van der Waals surface area contributed by atoms with Gasteiger partial charge in [0.2, 0.25) is 0 Å². The molecule has 0 atom stereocenters. The third kappa shape index (κ3) is 3.19. The zero-order chi connectivity index (χ0) is 14.9. The molecule has 0 N–H and O–H groups in total. The van der Waals surface area contributed by atoms with Gasteiger partial charge in [-0.1, -0.05) is 23.7 Å². The van der Waals surface area contributed by atoms with Gasteiger partial charge in [-0.2, -0.15) is 0 Å². The molecule has 7 heteroatoms. The Labute approximate surface area is 118 Å². The number of ether oxygens (including phenoxy) is 1. The van der Waals surface area contributed by atoms with Crippen molar-refractivity contribution in [3.8, 4) is 17.0 Å². The number of nitrogens with zero attached hydrogens (tertiary/aromatic N) is 2. The number of para-hydroxylation sites is 1. The van der Waals surface area contributed by atoms with Crippen LogP contribution in [0.1, 0.15) is 11.4 Å². The molecule has 0 spiro atoms. The molecule has 0 aliphatic carbocycles. The topological polar surface area (TPSA) is 35.0 Å². The van der Waals surface area contributed by atoms with Crippen molar-refractivity contribution in [1.82, 2.24) is 9.97 Å². The Kier molecular flexibility index (Phi) is 3.85. The molecule has 1 heterocycles. The van der Waals surface area contributed by atoms with Crippen molar-refractivity contribution in [3.63, 3.8) is 0 Å². The first-order valence-corrected chi connectivity index (χ1v) is 6.01. The fraction of sp³-hybridized carbons (Fsp3) is 0.231. The van der Waals surface area contributed by atoms with Crippen LogP contribution in [-0.2, 0) is 0 Å². The van der Waals surface area contributed by atoms with E-state index in [2.05, 4.69) is 14.7 Å². The van der Waals surface area contributed by atoms with E-state index in [0.29, 0.717) is 11.4 Å². The Morgan fingerprint density at radius 1 is 1.05 bits per heavy atom. The number of aromatic nitrogens is 2. The number of alkyl halides is 3. The highest BCUT2D eigenvalue weighted by Gasteiger charge is 2.32. The van der Waals surface area contributed by atoms with Gasteiger partial charge < -0.3 is 4.74 Å². The quantitative estimate of drug-likeness (QED) is 0.829. The lowest BCUT2D eigenvalue weighted by Gasteiger charge is -2.14. The smallest absolute Gasteiger partial charge is 0.405 e. The van der Waals surface area contributed by atoms with Gasteiger partial charge in [0.1, 0.15) is 11.4 Å². The molecule has 2 aromatic rings. The highest BCUT2D eigenvalue weighted by molar-refractivity contribution is 6.31. The molecule has 0 saturated carbocycles. The lowest BCUT2D eigenvalue weighted by atomic mass is 10.1. The van der Waals surface area contributed by atoms with Crippen molar-refractivity contribution in [2.75, 3.05) is 0 Å². The molecule has 1 aromatic carbocycles. The van der Waals surface area contributed by atoms with Crippen LogP contribution in [0.3, 0.4) is 0 Å². The molecule has 0 saturated heterocycles. The van der Waals surface area contributed by atoms with Crippen molar-refractivity contribution in [1.29, 1.82) is 0 Å². The summed E-state index contributed by atoms with van der Waals surface area (Å²) >= 11 is 5.97. The van der Waals surface area contributed by atoms with Gasteiger partial charge >= 0.3 is 6.36 Å². The van der Waals surface area contributed by atoms with Crippen LogP contribution in [-0.4, -0.2) is 16.3 Å². The molecule has 0 aliphatic rings. The summed E-state index contributed by atoms with van der Waals surface area (Å²) in [5.41, 5.74) is 1.51. The zero-order valence-corrected chi connectivity index (χ0v) is 11.4. The van der Waals surface area contributed by atoms with Gasteiger partial charge in [-0.3, -0.25) is 0 Å². The second kappa shape index (κ2) is 5.28. The van der Waals surface area contributed by atoms with Crippen LogP contribution < -0.4 is 4.74 Å². The Balaban J connectivity index is 2.56. The van der Waals surface area contributed by atoms with E-state index in [1.807, 2.05) is 0 Å². The van der Waals surface area contributed by atoms with Crippen molar-refractivity contribution in [3.05, 3.63) is 40.8 Å². The van der Waals surface area contributed by atoms with Gasteiger partial charge in [0.05, 0.1) is 11.4 Å². The second-order valence-electron chi connectivity index (χ2n) is 4.08. The normalized spacial score (nSPS) is 11.5. The third-order valence-corrected chi connectivity index (χ3v) is 2.90. The Bertz CT molecular complexity index is 644. The fourth-order valence-corrected chi connectivity index (χ4v) is 1.89. The largest absolute Gasteiger partial charge is 0.573 e. The van der Waals surface area contributed by atoms with E-state index in [4.69, 9.17) is 11.6 Å². The number of hydrogen-bond donors (Lipinski definition) is 0. The molecule has 0 aliphatic heterocycles. The second-order valence-corrected chi connectivity index (χ2v) is 4.44. The van der Waals surface area contributed by atoms with Gasteiger partial charge in [-0.15, -0.1) is 13.2 Å². The Hall–Kier alpha value is -1.82. The first-order valence-electron chi connectivity index (χ1n) is 5.64. The number of halogens is 4. The molecule has 20 heavy (non-hydrogen) atoms. The number of rotatable bonds is 2. The van der Waals surface area contributed by atoms with Crippen LogP contribution in [0.4, 0.5) is 13.2 Å². The fourth-order valence-electron chi connectivity index (χ4n) is 1.62. The van der Waals surface area contributed by atoms with Crippen LogP contribution in [0.5, 0.6) is 5.75 Å². The molecule has 0 fully saturated rings. The summed E-state index contributed by atoms with van der Waals surface area (Å²) in [6.45, 7) is 3.42. The van der Waals surface area contributed by atoms with E-state index in [-0.39, 0.29) is 22.2 Å². The van der Waals surface area contributed by atoms with Crippen LogP contribution >= 0.6 is 11.6 Å². The highest BCUT2D eigenvalue weighted by atomic mass is 35.5. The van der Waals surface area contributed by atoms with E-state index in [1.54, 1.807) is 19.9 Å². The average molecular weight is 303 g/mol. The standard InChI is InChI=1S/C13H10ClF3N2O/c1-7-8(2)19-12(14)11(18-7)9-5-3-4-6-10(9)20-13(15,16)17/h3-6H,1-2H3. The summed E-state index contributed by atoms with van der Waals surface area (Å²) in [4.78, 5) is 8.24. The predicted molar refractivity (Wildman–Crippen MR) is 68.6 cm³/mol. The summed E-state index contributed by atoms with van der Waals surface area (Å²) in [6, 6.07) is 5.67. The molecule has 1 aromatic heterocycles. The van der Waals surface area contributed by atoms with Gasteiger partial charge in [-0.05, 0) is 26.0 Å². The first-order chi connectivity index (χ1) is 9.28. The van der Waals surface area contributed by atoms with Gasteiger partial charge in [0.25, 0.3) is 0 Å². The minimum atomic E-state index is -4.78. The molecule has 0 unspecified atom stereocenters. The number of aryl methyl sites for hydroxylation is 2. The summed E-state index contributed by atoms with van der Waals surface area (Å²) in [7, 11) is 0. The van der Waals surface area contributed by atoms with Crippen LogP contribution in [0.25, 0.3) is 11.3 Å². The summed E-state index contributed by atoms with van der Waals surface area (Å²) in [5, 5.41) is 0.0336. The van der Waals surface area contributed by atoms with Crippen molar-refractivity contribution in [2.24, 2.45) is 0 Å². The van der Waals surface area contributed by atoms with Crippen molar-refractivity contribution >= 4 is 11.6 Å². The average Bonchev–Trinajstić information content (AvgIpc) is 2.33. The number of benzene rings is 1. The predicted octanol–water partition coefficient (Wildman–Crippen LogP) is 4.31. The molecular formula is C13H10ClF3N2O. The first kappa shape index (κ1) is 14.6. The molecule has 106 valence electrons. The van der Waals surface area contributed by atoms with Crippen LogP contribution in [0.15, 0.2) is 24.3 Å². The van der Waals surface area contributed by atoms with Crippen LogP contribution in [0.2, 0.25) is 5.15 Å². The van der Waals surface area contributed by atoms with E-state index in [9.17, 15) is 13.2 Å². The molecule has 3 nitrogen and oxygen atoms in total. The zero-order valence-electron chi connectivity index (χ0n) is 10.6. The molecule has 0 radical (unpaired) electrons. The van der Waals surface area contributed by atoms with Gasteiger partial charge in [0, 0.05) is 5.56 Å². The minimum Gasteiger partial charge on any atom is -0.405 e. The third-order valence-electron chi connectivity index (χ3n) is 2.63. The number of hydrogen-bond acceptors (Lipinski definition) is 3. The van der Waals surface area contributed by atoms with E-state index < -0.39 is 6.36 Å². The van der Waals surface area contributed by atoms with Crippen LogP contribution in [0, 0.1) is 13.8 Å². The summed E-state index contributed by atoms with van der Waals surface area (Å²) < 4.78 is 41.2. The Morgan fingerprint density at radius 3 is 2.30 bits per heavy atom. The van der Waals surface area contributed by atoms with Crippen molar-refractivity contribution < 1.29 is 17.9 Å². The van der Waals surface area contributed by atoms with E-state index in [0.717, 1.165) is 0 Å². The summed E-state index contributed by atoms with van der Waals surface area (Å²) in [5.74, 6) is -0.362. The summed E-state index contributed by atoms with van der Waals surface area (Å²) in [6.07, 6.45) is -4.78. The lowest BCUT2D eigenvalue weighted by molar-refractivity contribution is -0.274. The van der Waals surface area contributed by atoms with E-state index in [1.165, 1.54) is 18.2 Å². The minimum absolute atomic E-state index is 0.0336. The molecule has 0 amide bonds. The molecular weight excluding hydrogens is 293 g/mol.